The van der Waals surface area contributed by atoms with Crippen molar-refractivity contribution in [2.45, 2.75) is 39.4 Å². The molecule has 0 fully saturated rings. The number of likely N-dealkylation sites (N-methyl/N-ethyl adjacent to an activating group) is 1. The fourth-order valence-corrected chi connectivity index (χ4v) is 2.43. The first-order valence-electron chi connectivity index (χ1n) is 8.76. The summed E-state index contributed by atoms with van der Waals surface area (Å²) in [7, 11) is 3.35. The maximum Gasteiger partial charge on any atom is 0.410 e. The molecule has 0 aromatic heterocycles. The largest absolute Gasteiger partial charge is 0.489 e. The predicted octanol–water partition coefficient (Wildman–Crippen LogP) is 3.94. The van der Waals surface area contributed by atoms with Crippen LogP contribution in [-0.2, 0) is 9.53 Å². The first-order valence-corrected chi connectivity index (χ1v) is 9.84. The lowest BCUT2D eigenvalue weighted by atomic mass is 10.2. The van der Waals surface area contributed by atoms with Gasteiger partial charge in [0.15, 0.2) is 0 Å². The number of amides is 2. The molecule has 1 aromatic rings. The number of carbonyl (C=O) groups is 2. The Balaban J connectivity index is 2.77. The van der Waals surface area contributed by atoms with Gasteiger partial charge < -0.3 is 19.3 Å². The Bertz CT molecular complexity index is 651. The fraction of sp³-hybridized carbons (Fsp3) is 0.500. The molecule has 0 heterocycles. The second-order valence-electron chi connectivity index (χ2n) is 7.40. The Morgan fingerprint density at radius 3 is 2.30 bits per heavy atom. The van der Waals surface area contributed by atoms with Crippen molar-refractivity contribution in [1.82, 2.24) is 9.80 Å². The molecule has 0 N–H and O–H groups in total. The van der Waals surface area contributed by atoms with E-state index in [-0.39, 0.29) is 18.6 Å². The molecule has 27 heavy (non-hydrogen) atoms. The lowest BCUT2D eigenvalue weighted by molar-refractivity contribution is -0.123. The Hall–Kier alpha value is -1.77. The third-order valence-electron chi connectivity index (χ3n) is 3.31. The fourth-order valence-electron chi connectivity index (χ4n) is 2.07. The van der Waals surface area contributed by atoms with E-state index in [1.165, 1.54) is 15.9 Å². The van der Waals surface area contributed by atoms with Crippen LogP contribution in [0, 0.1) is 3.57 Å². The van der Waals surface area contributed by atoms with Crippen molar-refractivity contribution in [2.24, 2.45) is 0 Å². The summed E-state index contributed by atoms with van der Waals surface area (Å²) in [4.78, 5) is 27.2. The van der Waals surface area contributed by atoms with Crippen molar-refractivity contribution in [3.05, 3.63) is 40.0 Å². The minimum atomic E-state index is -0.598. The van der Waals surface area contributed by atoms with Crippen molar-refractivity contribution in [2.75, 3.05) is 27.2 Å². The lowest BCUT2D eigenvalue weighted by Crippen LogP contribution is -2.42. The van der Waals surface area contributed by atoms with Crippen molar-refractivity contribution in [1.29, 1.82) is 0 Å². The molecule has 0 spiro atoms. The van der Waals surface area contributed by atoms with Crippen LogP contribution in [-0.4, -0.2) is 60.7 Å². The average molecular weight is 488 g/mol. The van der Waals surface area contributed by atoms with Gasteiger partial charge in [0, 0.05) is 30.3 Å². The minimum Gasteiger partial charge on any atom is -0.489 e. The molecule has 0 aliphatic carbocycles. The summed E-state index contributed by atoms with van der Waals surface area (Å²) in [6, 6.07) is 7.71. The van der Waals surface area contributed by atoms with Crippen LogP contribution in [0.15, 0.2) is 36.4 Å². The standard InChI is InChI=1S/C20H29IN2O4/c1-15(26-17-11-9-16(21)10-12-17)14-23(19(25)27-20(2,3)4)13-7-8-18(24)22(5)6/h7-12,15H,13-14H2,1-6H3. The van der Waals surface area contributed by atoms with Crippen molar-refractivity contribution < 1.29 is 19.1 Å². The van der Waals surface area contributed by atoms with Crippen molar-refractivity contribution in [3.63, 3.8) is 0 Å². The average Bonchev–Trinajstić information content (AvgIpc) is 2.54. The molecule has 0 saturated carbocycles. The van der Waals surface area contributed by atoms with Crippen LogP contribution in [0.4, 0.5) is 4.79 Å². The molecule has 1 aromatic carbocycles. The monoisotopic (exact) mass is 488 g/mol. The van der Waals surface area contributed by atoms with Crippen LogP contribution < -0.4 is 4.74 Å². The lowest BCUT2D eigenvalue weighted by Gasteiger charge is -2.28. The Kier molecular flexibility index (Phi) is 9.08. The van der Waals surface area contributed by atoms with Gasteiger partial charge in [-0.15, -0.1) is 0 Å². The van der Waals surface area contributed by atoms with Crippen LogP contribution in [0.25, 0.3) is 0 Å². The second-order valence-corrected chi connectivity index (χ2v) is 8.65. The molecule has 2 amide bonds. The van der Waals surface area contributed by atoms with Gasteiger partial charge in [-0.05, 0) is 74.6 Å². The number of benzene rings is 1. The summed E-state index contributed by atoms with van der Waals surface area (Å²) in [5.41, 5.74) is -0.598. The van der Waals surface area contributed by atoms with Gasteiger partial charge in [-0.25, -0.2) is 4.79 Å². The molecule has 0 bridgehead atoms. The molecule has 1 rings (SSSR count). The summed E-state index contributed by atoms with van der Waals surface area (Å²) >= 11 is 2.23. The van der Waals surface area contributed by atoms with Crippen LogP contribution >= 0.6 is 22.6 Å². The Morgan fingerprint density at radius 1 is 1.19 bits per heavy atom. The van der Waals surface area contributed by atoms with Gasteiger partial charge in [0.25, 0.3) is 0 Å². The normalized spacial score (nSPS) is 12.6. The first-order chi connectivity index (χ1) is 12.5. The molecule has 0 aliphatic rings. The number of ether oxygens (including phenoxy) is 2. The quantitative estimate of drug-likeness (QED) is 0.431. The summed E-state index contributed by atoms with van der Waals surface area (Å²) < 4.78 is 12.5. The van der Waals surface area contributed by atoms with Crippen molar-refractivity contribution in [3.8, 4) is 5.75 Å². The molecule has 7 heteroatoms. The molecule has 150 valence electrons. The van der Waals surface area contributed by atoms with E-state index < -0.39 is 11.7 Å². The van der Waals surface area contributed by atoms with E-state index in [4.69, 9.17) is 9.47 Å². The number of nitrogens with zero attached hydrogens (tertiary/aromatic N) is 2. The van der Waals surface area contributed by atoms with E-state index in [2.05, 4.69) is 22.6 Å². The Morgan fingerprint density at radius 2 is 1.78 bits per heavy atom. The summed E-state index contributed by atoms with van der Waals surface area (Å²) in [6.45, 7) is 7.94. The molecular formula is C20H29IN2O4. The van der Waals surface area contributed by atoms with Crippen LogP contribution in [0.2, 0.25) is 0 Å². The van der Waals surface area contributed by atoms with E-state index in [9.17, 15) is 9.59 Å². The third-order valence-corrected chi connectivity index (χ3v) is 4.03. The SMILES string of the molecule is CC(CN(CC=CC(=O)N(C)C)C(=O)OC(C)(C)C)Oc1ccc(I)cc1. The maximum absolute atomic E-state index is 12.5. The van der Waals surface area contributed by atoms with Gasteiger partial charge in [-0.1, -0.05) is 6.08 Å². The van der Waals surface area contributed by atoms with Gasteiger partial charge >= 0.3 is 6.09 Å². The number of halogens is 1. The molecule has 0 aliphatic heterocycles. The van der Waals surface area contributed by atoms with E-state index in [1.54, 1.807) is 20.2 Å². The minimum absolute atomic E-state index is 0.137. The summed E-state index contributed by atoms with van der Waals surface area (Å²) in [5, 5.41) is 0. The van der Waals surface area contributed by atoms with Gasteiger partial charge in [0.2, 0.25) is 5.91 Å². The zero-order chi connectivity index (χ0) is 20.6. The highest BCUT2D eigenvalue weighted by atomic mass is 127. The van der Waals surface area contributed by atoms with Gasteiger partial charge in [0.05, 0.1) is 6.54 Å². The molecule has 1 unspecified atom stereocenters. The summed E-state index contributed by atoms with van der Waals surface area (Å²) in [5.74, 6) is 0.604. The number of hydrogen-bond acceptors (Lipinski definition) is 4. The van der Waals surface area contributed by atoms with E-state index >= 15 is 0 Å². The maximum atomic E-state index is 12.5. The highest BCUT2D eigenvalue weighted by Gasteiger charge is 2.23. The topological polar surface area (TPSA) is 59.1 Å². The van der Waals surface area contributed by atoms with Crippen molar-refractivity contribution >= 4 is 34.6 Å². The smallest absolute Gasteiger partial charge is 0.410 e. The van der Waals surface area contributed by atoms with Gasteiger partial charge in [-0.3, -0.25) is 4.79 Å². The molecule has 0 saturated heterocycles. The number of hydrogen-bond donors (Lipinski definition) is 0. The van der Waals surface area contributed by atoms with Crippen LogP contribution in [0.5, 0.6) is 5.75 Å². The van der Waals surface area contributed by atoms with Crippen LogP contribution in [0.3, 0.4) is 0 Å². The van der Waals surface area contributed by atoms with E-state index in [1.807, 2.05) is 52.0 Å². The Labute approximate surface area is 175 Å². The van der Waals surface area contributed by atoms with Crippen LogP contribution in [0.1, 0.15) is 27.7 Å². The second kappa shape index (κ2) is 10.5. The number of carbonyl (C=O) groups excluding carboxylic acids is 2. The molecular weight excluding hydrogens is 459 g/mol. The first kappa shape index (κ1) is 23.3. The van der Waals surface area contributed by atoms with E-state index in [0.29, 0.717) is 6.54 Å². The summed E-state index contributed by atoms with van der Waals surface area (Å²) in [6.07, 6.45) is 2.42. The van der Waals surface area contributed by atoms with Gasteiger partial charge in [0.1, 0.15) is 17.5 Å². The highest BCUT2D eigenvalue weighted by molar-refractivity contribution is 14.1. The molecule has 0 radical (unpaired) electrons. The zero-order valence-electron chi connectivity index (χ0n) is 16.9. The zero-order valence-corrected chi connectivity index (χ0v) is 19.0. The molecule has 1 atom stereocenters. The van der Waals surface area contributed by atoms with Gasteiger partial charge in [-0.2, -0.15) is 0 Å². The molecule has 6 nitrogen and oxygen atoms in total. The predicted molar refractivity (Wildman–Crippen MR) is 115 cm³/mol. The number of rotatable bonds is 7. The van der Waals surface area contributed by atoms with E-state index in [0.717, 1.165) is 9.32 Å². The third kappa shape index (κ3) is 9.65. The highest BCUT2D eigenvalue weighted by Crippen LogP contribution is 2.16.